The van der Waals surface area contributed by atoms with Crippen molar-refractivity contribution in [3.8, 4) is 0 Å². The van der Waals surface area contributed by atoms with E-state index in [4.69, 9.17) is 10.2 Å². The van der Waals surface area contributed by atoms with Gasteiger partial charge in [-0.2, -0.15) is 0 Å². The van der Waals surface area contributed by atoms with Gasteiger partial charge in [0.2, 0.25) is 0 Å². The van der Waals surface area contributed by atoms with Crippen LogP contribution in [0.5, 0.6) is 0 Å². The lowest BCUT2D eigenvalue weighted by Crippen LogP contribution is -2.25. The fourth-order valence-corrected chi connectivity index (χ4v) is 1.81. The molecule has 4 heteroatoms. The van der Waals surface area contributed by atoms with Crippen molar-refractivity contribution >= 4 is 11.9 Å². The molecule has 0 saturated carbocycles. The third kappa shape index (κ3) is 2.32. The zero-order valence-electron chi connectivity index (χ0n) is 9.70. The van der Waals surface area contributed by atoms with Crippen molar-refractivity contribution in [2.45, 2.75) is 33.6 Å². The van der Waals surface area contributed by atoms with Crippen molar-refractivity contribution in [3.05, 3.63) is 22.8 Å². The van der Waals surface area contributed by atoms with Gasteiger partial charge >= 0.3 is 11.9 Å². The zero-order valence-corrected chi connectivity index (χ0v) is 9.70. The molecule has 1 aliphatic rings. The van der Waals surface area contributed by atoms with Crippen LogP contribution in [-0.2, 0) is 9.59 Å². The van der Waals surface area contributed by atoms with E-state index < -0.39 is 17.4 Å². The van der Waals surface area contributed by atoms with Crippen molar-refractivity contribution in [1.82, 2.24) is 0 Å². The lowest BCUT2D eigenvalue weighted by atomic mass is 9.73. The quantitative estimate of drug-likeness (QED) is 0.705. The highest BCUT2D eigenvalue weighted by molar-refractivity contribution is 5.91. The molecule has 0 atom stereocenters. The number of carbonyl (C=O) groups is 2. The van der Waals surface area contributed by atoms with Crippen molar-refractivity contribution in [2.24, 2.45) is 5.41 Å². The van der Waals surface area contributed by atoms with Crippen LogP contribution in [-0.4, -0.2) is 22.2 Å². The third-order valence-corrected chi connectivity index (χ3v) is 3.10. The first-order valence-corrected chi connectivity index (χ1v) is 5.14. The molecule has 0 aromatic carbocycles. The molecule has 0 fully saturated rings. The van der Waals surface area contributed by atoms with Crippen LogP contribution in [0.4, 0.5) is 0 Å². The fourth-order valence-electron chi connectivity index (χ4n) is 1.81. The van der Waals surface area contributed by atoms with Crippen LogP contribution in [0.25, 0.3) is 0 Å². The normalized spacial score (nSPS) is 22.3. The highest BCUT2D eigenvalue weighted by Crippen LogP contribution is 2.39. The molecule has 0 radical (unpaired) electrons. The molecule has 16 heavy (non-hydrogen) atoms. The van der Waals surface area contributed by atoms with Gasteiger partial charge in [-0.3, -0.25) is 0 Å². The summed E-state index contributed by atoms with van der Waals surface area (Å²) in [5.74, 6) is -1.96. The van der Waals surface area contributed by atoms with E-state index in [0.29, 0.717) is 18.4 Å². The van der Waals surface area contributed by atoms with Crippen molar-refractivity contribution in [1.29, 1.82) is 0 Å². The Kier molecular flexibility index (Phi) is 3.21. The predicted octanol–water partition coefficient (Wildman–Crippen LogP) is 2.22. The van der Waals surface area contributed by atoms with Gasteiger partial charge in [-0.05, 0) is 36.8 Å². The Morgan fingerprint density at radius 3 is 2.31 bits per heavy atom. The summed E-state index contributed by atoms with van der Waals surface area (Å²) in [4.78, 5) is 21.9. The molecule has 4 nitrogen and oxygen atoms in total. The number of allylic oxidation sites excluding steroid dienone is 2. The minimum atomic E-state index is -0.990. The SMILES string of the molecule is CC(C(=O)O)=C1C=C(C(=O)O)C(C)(C)CC1. The summed E-state index contributed by atoms with van der Waals surface area (Å²) in [6.45, 7) is 5.23. The molecule has 0 spiro atoms. The first kappa shape index (κ1) is 12.5. The Labute approximate surface area is 94.3 Å². The molecule has 1 rings (SSSR count). The van der Waals surface area contributed by atoms with E-state index in [-0.39, 0.29) is 11.1 Å². The first-order chi connectivity index (χ1) is 7.25. The van der Waals surface area contributed by atoms with E-state index in [9.17, 15) is 9.59 Å². The van der Waals surface area contributed by atoms with Gasteiger partial charge in [0.1, 0.15) is 0 Å². The van der Waals surface area contributed by atoms with Gasteiger partial charge in [0.15, 0.2) is 0 Å². The van der Waals surface area contributed by atoms with Gasteiger partial charge in [0.25, 0.3) is 0 Å². The molecule has 0 saturated heterocycles. The molecule has 88 valence electrons. The summed E-state index contributed by atoms with van der Waals surface area (Å²) in [6, 6.07) is 0. The van der Waals surface area contributed by atoms with Gasteiger partial charge in [-0.25, -0.2) is 9.59 Å². The maximum atomic E-state index is 11.1. The molecule has 0 aliphatic heterocycles. The van der Waals surface area contributed by atoms with E-state index in [0.717, 1.165) is 0 Å². The maximum Gasteiger partial charge on any atom is 0.332 e. The molecule has 0 amide bonds. The molecule has 0 bridgehead atoms. The van der Waals surface area contributed by atoms with Crippen molar-refractivity contribution < 1.29 is 19.8 Å². The minimum Gasteiger partial charge on any atom is -0.478 e. The van der Waals surface area contributed by atoms with Crippen LogP contribution in [0.2, 0.25) is 0 Å². The Morgan fingerprint density at radius 1 is 1.31 bits per heavy atom. The molecular formula is C12H16O4. The third-order valence-electron chi connectivity index (χ3n) is 3.10. The van der Waals surface area contributed by atoms with Crippen LogP contribution in [0.3, 0.4) is 0 Å². The minimum absolute atomic E-state index is 0.231. The lowest BCUT2D eigenvalue weighted by molar-refractivity contribution is -0.134. The van der Waals surface area contributed by atoms with Gasteiger partial charge in [0.05, 0.1) is 0 Å². The largest absolute Gasteiger partial charge is 0.478 e. The van der Waals surface area contributed by atoms with Gasteiger partial charge in [-0.15, -0.1) is 0 Å². The van der Waals surface area contributed by atoms with E-state index in [1.165, 1.54) is 13.0 Å². The Balaban J connectivity index is 3.24. The topological polar surface area (TPSA) is 74.6 Å². The lowest BCUT2D eigenvalue weighted by Gasteiger charge is -2.30. The molecule has 0 aromatic heterocycles. The summed E-state index contributed by atoms with van der Waals surface area (Å²) >= 11 is 0. The van der Waals surface area contributed by atoms with Gasteiger partial charge in [-0.1, -0.05) is 13.8 Å². The van der Waals surface area contributed by atoms with Crippen LogP contribution in [0, 0.1) is 5.41 Å². The standard InChI is InChI=1S/C12H16O4/c1-7(10(13)14)8-4-5-12(2,3)9(6-8)11(15)16/h6H,4-5H2,1-3H3,(H,13,14)(H,15,16). The number of rotatable bonds is 2. The summed E-state index contributed by atoms with van der Waals surface area (Å²) in [5, 5.41) is 17.9. The summed E-state index contributed by atoms with van der Waals surface area (Å²) < 4.78 is 0. The number of aliphatic carboxylic acids is 2. The zero-order chi connectivity index (χ0) is 12.5. The number of hydrogen-bond acceptors (Lipinski definition) is 2. The van der Waals surface area contributed by atoms with E-state index in [1.807, 2.05) is 13.8 Å². The average Bonchev–Trinajstić information content (AvgIpc) is 2.15. The number of carboxylic acids is 2. The monoisotopic (exact) mass is 224 g/mol. The maximum absolute atomic E-state index is 11.1. The molecule has 0 heterocycles. The van der Waals surface area contributed by atoms with Crippen LogP contribution >= 0.6 is 0 Å². The molecule has 2 N–H and O–H groups in total. The number of hydrogen-bond donors (Lipinski definition) is 2. The van der Waals surface area contributed by atoms with E-state index >= 15 is 0 Å². The Hall–Kier alpha value is -1.58. The van der Waals surface area contributed by atoms with Crippen molar-refractivity contribution in [2.75, 3.05) is 0 Å². The molecular weight excluding hydrogens is 208 g/mol. The highest BCUT2D eigenvalue weighted by Gasteiger charge is 2.32. The highest BCUT2D eigenvalue weighted by atomic mass is 16.4. The number of carboxylic acid groups (broad SMARTS) is 2. The van der Waals surface area contributed by atoms with Crippen molar-refractivity contribution in [3.63, 3.8) is 0 Å². The smallest absolute Gasteiger partial charge is 0.332 e. The van der Waals surface area contributed by atoms with E-state index in [1.54, 1.807) is 0 Å². The predicted molar refractivity (Wildman–Crippen MR) is 59.1 cm³/mol. The second-order valence-corrected chi connectivity index (χ2v) is 4.70. The Morgan fingerprint density at radius 2 is 1.88 bits per heavy atom. The van der Waals surface area contributed by atoms with Crippen LogP contribution in [0.1, 0.15) is 33.6 Å². The van der Waals surface area contributed by atoms with E-state index in [2.05, 4.69) is 0 Å². The van der Waals surface area contributed by atoms with Gasteiger partial charge < -0.3 is 10.2 Å². The Bertz CT molecular complexity index is 399. The second kappa shape index (κ2) is 4.12. The summed E-state index contributed by atoms with van der Waals surface area (Å²) in [5.41, 5.74) is 0.738. The molecule has 0 aromatic rings. The molecule has 1 aliphatic carbocycles. The second-order valence-electron chi connectivity index (χ2n) is 4.70. The molecule has 0 unspecified atom stereocenters. The fraction of sp³-hybridized carbons (Fsp3) is 0.500. The average molecular weight is 224 g/mol. The van der Waals surface area contributed by atoms with Gasteiger partial charge in [0, 0.05) is 11.1 Å². The summed E-state index contributed by atoms with van der Waals surface area (Å²) in [7, 11) is 0. The first-order valence-electron chi connectivity index (χ1n) is 5.14. The van der Waals surface area contributed by atoms with Crippen LogP contribution < -0.4 is 0 Å². The summed E-state index contributed by atoms with van der Waals surface area (Å²) in [6.07, 6.45) is 2.78. The van der Waals surface area contributed by atoms with Crippen LogP contribution in [0.15, 0.2) is 22.8 Å².